The van der Waals surface area contributed by atoms with Crippen molar-refractivity contribution >= 4 is 11.4 Å². The van der Waals surface area contributed by atoms with Gasteiger partial charge in [0.2, 0.25) is 0 Å². The Morgan fingerprint density at radius 1 is 0.778 bits per heavy atom. The fourth-order valence-electron chi connectivity index (χ4n) is 2.79. The highest BCUT2D eigenvalue weighted by Crippen LogP contribution is 2.31. The van der Waals surface area contributed by atoms with E-state index < -0.39 is 0 Å². The molecular formula is C15H15N3. The van der Waals surface area contributed by atoms with E-state index in [1.807, 2.05) is 0 Å². The van der Waals surface area contributed by atoms with Gasteiger partial charge in [0.05, 0.1) is 0 Å². The van der Waals surface area contributed by atoms with Gasteiger partial charge in [0, 0.05) is 24.5 Å². The van der Waals surface area contributed by atoms with Gasteiger partial charge < -0.3 is 10.6 Å². The maximum absolute atomic E-state index is 3.55. The first kappa shape index (κ1) is 9.97. The Balaban J connectivity index is 1.70. The lowest BCUT2D eigenvalue weighted by molar-refractivity contribution is 0.198. The van der Waals surface area contributed by atoms with E-state index in [1.54, 1.807) is 0 Å². The van der Waals surface area contributed by atoms with Gasteiger partial charge in [0.25, 0.3) is 0 Å². The first-order chi connectivity index (χ1) is 8.90. The molecule has 0 saturated carbocycles. The van der Waals surface area contributed by atoms with E-state index in [2.05, 4.69) is 64.1 Å². The molecule has 0 radical (unpaired) electrons. The average molecular weight is 237 g/mol. The van der Waals surface area contributed by atoms with Crippen molar-refractivity contribution < 1.29 is 0 Å². The summed E-state index contributed by atoms with van der Waals surface area (Å²) in [5, 5.41) is 7.11. The van der Waals surface area contributed by atoms with Gasteiger partial charge in [-0.1, -0.05) is 36.4 Å². The lowest BCUT2D eigenvalue weighted by atomic mass is 10.1. The van der Waals surface area contributed by atoms with E-state index in [9.17, 15) is 0 Å². The van der Waals surface area contributed by atoms with Crippen LogP contribution < -0.4 is 10.6 Å². The van der Waals surface area contributed by atoms with Crippen molar-refractivity contribution in [3.8, 4) is 0 Å². The highest BCUT2D eigenvalue weighted by Gasteiger charge is 2.29. The number of nitrogens with zero attached hydrogens (tertiary/aromatic N) is 1. The zero-order chi connectivity index (χ0) is 11.9. The highest BCUT2D eigenvalue weighted by atomic mass is 15.4. The van der Waals surface area contributed by atoms with Crippen LogP contribution in [0.2, 0.25) is 0 Å². The van der Waals surface area contributed by atoms with Crippen molar-refractivity contribution in [3.05, 3.63) is 59.7 Å². The van der Waals surface area contributed by atoms with Gasteiger partial charge in [-0.15, -0.1) is 0 Å². The van der Waals surface area contributed by atoms with Crippen LogP contribution in [0.4, 0.5) is 11.4 Å². The number of hydrogen-bond acceptors (Lipinski definition) is 3. The Kier molecular flexibility index (Phi) is 2.08. The molecular weight excluding hydrogens is 222 g/mol. The molecule has 2 aliphatic rings. The van der Waals surface area contributed by atoms with E-state index in [-0.39, 0.29) is 6.29 Å². The molecule has 0 unspecified atom stereocenters. The van der Waals surface area contributed by atoms with Crippen molar-refractivity contribution in [1.29, 1.82) is 0 Å². The number of benzene rings is 2. The maximum atomic E-state index is 3.55. The molecule has 0 aliphatic carbocycles. The summed E-state index contributed by atoms with van der Waals surface area (Å²) in [6.45, 7) is 1.99. The predicted octanol–water partition coefficient (Wildman–Crippen LogP) is 2.82. The Morgan fingerprint density at radius 2 is 1.28 bits per heavy atom. The van der Waals surface area contributed by atoms with E-state index in [1.165, 1.54) is 22.5 Å². The number of fused-ring (bicyclic) bond motifs is 3. The number of anilines is 2. The summed E-state index contributed by atoms with van der Waals surface area (Å²) in [4.78, 5) is 2.42. The minimum Gasteiger partial charge on any atom is -0.353 e. The summed E-state index contributed by atoms with van der Waals surface area (Å²) in [7, 11) is 0. The second-order valence-corrected chi connectivity index (χ2v) is 4.91. The molecule has 0 bridgehead atoms. The van der Waals surface area contributed by atoms with Gasteiger partial charge >= 0.3 is 0 Å². The summed E-state index contributed by atoms with van der Waals surface area (Å²) in [6.07, 6.45) is 0.204. The van der Waals surface area contributed by atoms with Crippen LogP contribution in [0.25, 0.3) is 0 Å². The summed E-state index contributed by atoms with van der Waals surface area (Å²) in [5.41, 5.74) is 5.22. The molecule has 3 nitrogen and oxygen atoms in total. The van der Waals surface area contributed by atoms with Crippen molar-refractivity contribution in [3.63, 3.8) is 0 Å². The van der Waals surface area contributed by atoms with Crippen molar-refractivity contribution in [2.24, 2.45) is 0 Å². The number of rotatable bonds is 0. The van der Waals surface area contributed by atoms with Crippen LogP contribution in [0.15, 0.2) is 48.5 Å². The molecule has 2 aromatic rings. The van der Waals surface area contributed by atoms with Crippen molar-refractivity contribution in [1.82, 2.24) is 4.90 Å². The minimum atomic E-state index is 0.204. The zero-order valence-electron chi connectivity index (χ0n) is 10.1. The molecule has 2 aromatic carbocycles. The fraction of sp³-hybridized carbons (Fsp3) is 0.200. The Bertz CT molecular complexity index is 490. The lowest BCUT2D eigenvalue weighted by Gasteiger charge is -2.42. The SMILES string of the molecule is c1ccc2c(c1)CN1Cc3ccccc3NC1N2. The highest BCUT2D eigenvalue weighted by molar-refractivity contribution is 5.59. The monoisotopic (exact) mass is 237 g/mol. The molecule has 2 aliphatic heterocycles. The molecule has 2 heterocycles. The third-order valence-corrected chi connectivity index (χ3v) is 3.73. The second-order valence-electron chi connectivity index (χ2n) is 4.91. The smallest absolute Gasteiger partial charge is 0.156 e. The van der Waals surface area contributed by atoms with Crippen LogP contribution in [-0.2, 0) is 13.1 Å². The normalized spacial score (nSPS) is 18.0. The molecule has 4 rings (SSSR count). The summed E-state index contributed by atoms with van der Waals surface area (Å²) < 4.78 is 0. The first-order valence-corrected chi connectivity index (χ1v) is 6.33. The maximum Gasteiger partial charge on any atom is 0.156 e. The van der Waals surface area contributed by atoms with Gasteiger partial charge in [0.15, 0.2) is 6.29 Å². The van der Waals surface area contributed by atoms with Crippen LogP contribution in [-0.4, -0.2) is 11.2 Å². The average Bonchev–Trinajstić information content (AvgIpc) is 2.42. The van der Waals surface area contributed by atoms with Gasteiger partial charge in [0.1, 0.15) is 0 Å². The molecule has 0 aromatic heterocycles. The molecule has 18 heavy (non-hydrogen) atoms. The van der Waals surface area contributed by atoms with Crippen molar-refractivity contribution in [2.75, 3.05) is 10.6 Å². The zero-order valence-corrected chi connectivity index (χ0v) is 10.1. The van der Waals surface area contributed by atoms with Crippen molar-refractivity contribution in [2.45, 2.75) is 19.4 Å². The lowest BCUT2D eigenvalue weighted by Crippen LogP contribution is -2.51. The number of para-hydroxylation sites is 2. The Labute approximate surface area is 106 Å². The number of nitrogens with one attached hydrogen (secondary N) is 2. The molecule has 0 spiro atoms. The fourth-order valence-corrected chi connectivity index (χ4v) is 2.79. The van der Waals surface area contributed by atoms with Gasteiger partial charge in [-0.2, -0.15) is 0 Å². The third-order valence-electron chi connectivity index (χ3n) is 3.73. The largest absolute Gasteiger partial charge is 0.353 e. The topological polar surface area (TPSA) is 27.3 Å². The standard InChI is InChI=1S/C15H15N3/c1-3-7-13-11(5-1)9-18-10-12-6-2-4-8-14(12)17-15(18)16-13/h1-8,15-17H,9-10H2. The van der Waals surface area contributed by atoms with E-state index >= 15 is 0 Å². The summed E-state index contributed by atoms with van der Waals surface area (Å²) >= 11 is 0. The summed E-state index contributed by atoms with van der Waals surface area (Å²) in [6, 6.07) is 17.1. The van der Waals surface area contributed by atoms with E-state index in [0.29, 0.717) is 0 Å². The first-order valence-electron chi connectivity index (χ1n) is 6.33. The molecule has 0 atom stereocenters. The Morgan fingerprint density at radius 3 is 1.83 bits per heavy atom. The quantitative estimate of drug-likeness (QED) is 0.737. The molecule has 0 fully saturated rings. The van der Waals surface area contributed by atoms with Crippen LogP contribution in [0.5, 0.6) is 0 Å². The molecule has 90 valence electrons. The second kappa shape index (κ2) is 3.75. The Hall–Kier alpha value is -2.00. The third kappa shape index (κ3) is 1.48. The summed E-state index contributed by atoms with van der Waals surface area (Å²) in [5.74, 6) is 0. The minimum absolute atomic E-state index is 0.204. The van der Waals surface area contributed by atoms with E-state index in [0.717, 1.165) is 13.1 Å². The van der Waals surface area contributed by atoms with Gasteiger partial charge in [-0.25, -0.2) is 0 Å². The van der Waals surface area contributed by atoms with Crippen LogP contribution >= 0.6 is 0 Å². The molecule has 3 heteroatoms. The number of hydrogen-bond donors (Lipinski definition) is 2. The van der Waals surface area contributed by atoms with Gasteiger partial charge in [-0.3, -0.25) is 4.90 Å². The van der Waals surface area contributed by atoms with Crippen LogP contribution in [0.3, 0.4) is 0 Å². The molecule has 2 N–H and O–H groups in total. The molecule has 0 amide bonds. The van der Waals surface area contributed by atoms with Crippen LogP contribution in [0.1, 0.15) is 11.1 Å². The molecule has 0 saturated heterocycles. The predicted molar refractivity (Wildman–Crippen MR) is 73.2 cm³/mol. The van der Waals surface area contributed by atoms with Crippen LogP contribution in [0, 0.1) is 0 Å². The van der Waals surface area contributed by atoms with E-state index in [4.69, 9.17) is 0 Å². The van der Waals surface area contributed by atoms with Gasteiger partial charge in [-0.05, 0) is 23.3 Å².